The van der Waals surface area contributed by atoms with E-state index in [1.807, 2.05) is 0 Å². The van der Waals surface area contributed by atoms with Gasteiger partial charge in [-0.25, -0.2) is 0 Å². The number of nitrogens with one attached hydrogen (secondary N) is 2. The lowest BCUT2D eigenvalue weighted by Gasteiger charge is -2.14. The fourth-order valence-corrected chi connectivity index (χ4v) is 3.56. The lowest BCUT2D eigenvalue weighted by molar-refractivity contribution is -0.385. The zero-order valence-electron chi connectivity index (χ0n) is 18.6. The van der Waals surface area contributed by atoms with Crippen LogP contribution in [-0.2, 0) is 0 Å². The van der Waals surface area contributed by atoms with Crippen LogP contribution in [0.2, 0.25) is 0 Å². The summed E-state index contributed by atoms with van der Waals surface area (Å²) in [5, 5.41) is 27.2. The van der Waals surface area contributed by atoms with Crippen molar-refractivity contribution in [2.24, 2.45) is 0 Å². The standard InChI is InChI=1S/C26H18N4O6/c31-25(27-17-9-13-19(14-10-17)29(33)34)23-7-3-1-5-21(23)22-6-2-4-8-24(22)26(32)28-18-11-15-20(16-12-18)30(35)36/h1-16H,(H,27,31)(H,28,32). The zero-order valence-corrected chi connectivity index (χ0v) is 18.6. The van der Waals surface area contributed by atoms with E-state index in [4.69, 9.17) is 0 Å². The van der Waals surface area contributed by atoms with E-state index >= 15 is 0 Å². The van der Waals surface area contributed by atoms with Crippen molar-refractivity contribution in [3.63, 3.8) is 0 Å². The van der Waals surface area contributed by atoms with E-state index in [-0.39, 0.29) is 11.4 Å². The van der Waals surface area contributed by atoms with E-state index in [0.717, 1.165) is 0 Å². The molecule has 0 aliphatic heterocycles. The summed E-state index contributed by atoms with van der Waals surface area (Å²) >= 11 is 0. The highest BCUT2D eigenvalue weighted by atomic mass is 16.6. The summed E-state index contributed by atoms with van der Waals surface area (Å²) in [6.07, 6.45) is 0. The maximum Gasteiger partial charge on any atom is 0.269 e. The van der Waals surface area contributed by atoms with E-state index in [1.165, 1.54) is 48.5 Å². The van der Waals surface area contributed by atoms with Crippen molar-refractivity contribution in [2.75, 3.05) is 10.6 Å². The van der Waals surface area contributed by atoms with Gasteiger partial charge in [0.1, 0.15) is 0 Å². The third-order valence-corrected chi connectivity index (χ3v) is 5.31. The molecule has 0 bridgehead atoms. The van der Waals surface area contributed by atoms with Gasteiger partial charge in [0.25, 0.3) is 23.2 Å². The Morgan fingerprint density at radius 3 is 1.19 bits per heavy atom. The number of nitro benzene ring substituents is 2. The molecule has 0 aromatic heterocycles. The minimum atomic E-state index is -0.528. The first-order valence-electron chi connectivity index (χ1n) is 10.6. The normalized spacial score (nSPS) is 10.3. The first-order chi connectivity index (χ1) is 17.3. The van der Waals surface area contributed by atoms with Crippen molar-refractivity contribution in [1.29, 1.82) is 0 Å². The second-order valence-electron chi connectivity index (χ2n) is 7.61. The van der Waals surface area contributed by atoms with E-state index in [0.29, 0.717) is 33.6 Å². The molecule has 0 saturated carbocycles. The molecule has 0 fully saturated rings. The molecule has 4 rings (SSSR count). The Bertz CT molecular complexity index is 1350. The van der Waals surface area contributed by atoms with Crippen LogP contribution in [0.5, 0.6) is 0 Å². The monoisotopic (exact) mass is 482 g/mol. The second kappa shape index (κ2) is 10.3. The minimum absolute atomic E-state index is 0.0960. The van der Waals surface area contributed by atoms with E-state index in [9.17, 15) is 29.8 Å². The molecule has 0 aliphatic rings. The number of benzene rings is 4. The molecule has 2 amide bonds. The molecule has 0 spiro atoms. The Morgan fingerprint density at radius 2 is 0.861 bits per heavy atom. The lowest BCUT2D eigenvalue weighted by atomic mass is 9.94. The molecular formula is C26H18N4O6. The van der Waals surface area contributed by atoms with Gasteiger partial charge in [-0.2, -0.15) is 0 Å². The maximum absolute atomic E-state index is 13.1. The average Bonchev–Trinajstić information content (AvgIpc) is 2.89. The maximum atomic E-state index is 13.1. The van der Waals surface area contributed by atoms with Gasteiger partial charge >= 0.3 is 0 Å². The van der Waals surface area contributed by atoms with Crippen molar-refractivity contribution < 1.29 is 19.4 Å². The van der Waals surface area contributed by atoms with Crippen molar-refractivity contribution in [2.45, 2.75) is 0 Å². The summed E-state index contributed by atoms with van der Waals surface area (Å²) < 4.78 is 0. The zero-order chi connectivity index (χ0) is 25.7. The number of anilines is 2. The fourth-order valence-electron chi connectivity index (χ4n) is 3.56. The number of carbonyl (C=O) groups is 2. The summed E-state index contributed by atoms with van der Waals surface area (Å²) in [5.74, 6) is -0.907. The summed E-state index contributed by atoms with van der Waals surface area (Å²) in [6.45, 7) is 0. The molecule has 0 atom stereocenters. The average molecular weight is 482 g/mol. The topological polar surface area (TPSA) is 144 Å². The fraction of sp³-hybridized carbons (Fsp3) is 0. The van der Waals surface area contributed by atoms with Gasteiger partial charge in [-0.1, -0.05) is 36.4 Å². The van der Waals surface area contributed by atoms with Crippen LogP contribution >= 0.6 is 0 Å². The van der Waals surface area contributed by atoms with Crippen molar-refractivity contribution in [3.05, 3.63) is 128 Å². The Labute approximate surface area is 204 Å². The first kappa shape index (κ1) is 23.8. The van der Waals surface area contributed by atoms with Gasteiger partial charge in [-0.15, -0.1) is 0 Å². The number of nitro groups is 2. The highest BCUT2D eigenvalue weighted by Gasteiger charge is 2.19. The van der Waals surface area contributed by atoms with Crippen LogP contribution < -0.4 is 10.6 Å². The third kappa shape index (κ3) is 5.23. The third-order valence-electron chi connectivity index (χ3n) is 5.31. The van der Waals surface area contributed by atoms with Crippen LogP contribution in [0.4, 0.5) is 22.7 Å². The smallest absolute Gasteiger partial charge is 0.269 e. The number of hydrogen-bond acceptors (Lipinski definition) is 6. The highest BCUT2D eigenvalue weighted by Crippen LogP contribution is 2.29. The van der Waals surface area contributed by atoms with E-state index in [1.54, 1.807) is 48.5 Å². The number of amides is 2. The molecule has 0 heterocycles. The molecule has 10 nitrogen and oxygen atoms in total. The van der Waals surface area contributed by atoms with Gasteiger partial charge in [0.15, 0.2) is 0 Å². The summed E-state index contributed by atoms with van der Waals surface area (Å²) in [6, 6.07) is 24.4. The largest absolute Gasteiger partial charge is 0.322 e. The Balaban J connectivity index is 1.61. The Morgan fingerprint density at radius 1 is 0.528 bits per heavy atom. The molecule has 2 N–H and O–H groups in total. The lowest BCUT2D eigenvalue weighted by Crippen LogP contribution is -2.16. The predicted molar refractivity (Wildman–Crippen MR) is 134 cm³/mol. The van der Waals surface area contributed by atoms with Gasteiger partial charge in [0.2, 0.25) is 0 Å². The number of non-ortho nitro benzene ring substituents is 2. The van der Waals surface area contributed by atoms with Gasteiger partial charge < -0.3 is 10.6 Å². The highest BCUT2D eigenvalue weighted by molar-refractivity contribution is 6.13. The molecule has 178 valence electrons. The predicted octanol–water partition coefficient (Wildman–Crippen LogP) is 5.67. The van der Waals surface area contributed by atoms with Gasteiger partial charge in [0, 0.05) is 46.8 Å². The first-order valence-corrected chi connectivity index (χ1v) is 10.6. The molecule has 4 aromatic rings. The van der Waals surface area contributed by atoms with Crippen molar-refractivity contribution in [3.8, 4) is 11.1 Å². The molecule has 0 radical (unpaired) electrons. The Kier molecular flexibility index (Phi) is 6.78. The SMILES string of the molecule is O=C(Nc1ccc([N+](=O)[O-])cc1)c1ccccc1-c1ccccc1C(=O)Nc1ccc([N+](=O)[O-])cc1. The number of nitrogens with zero attached hydrogens (tertiary/aromatic N) is 2. The van der Waals surface area contributed by atoms with E-state index < -0.39 is 21.7 Å². The molecule has 10 heteroatoms. The number of rotatable bonds is 7. The van der Waals surface area contributed by atoms with Gasteiger partial charge in [-0.3, -0.25) is 29.8 Å². The van der Waals surface area contributed by atoms with Crippen molar-refractivity contribution >= 4 is 34.6 Å². The van der Waals surface area contributed by atoms with E-state index in [2.05, 4.69) is 10.6 Å². The minimum Gasteiger partial charge on any atom is -0.322 e. The quantitative estimate of drug-likeness (QED) is 0.256. The van der Waals surface area contributed by atoms with Gasteiger partial charge in [0.05, 0.1) is 9.85 Å². The summed E-state index contributed by atoms with van der Waals surface area (Å²) in [7, 11) is 0. The van der Waals surface area contributed by atoms with Crippen LogP contribution in [0, 0.1) is 20.2 Å². The molecule has 0 aliphatic carbocycles. The van der Waals surface area contributed by atoms with Crippen LogP contribution in [0.3, 0.4) is 0 Å². The molecule has 4 aromatic carbocycles. The summed E-state index contributed by atoms with van der Waals surface area (Å²) in [5.41, 5.74) is 2.17. The van der Waals surface area contributed by atoms with Crippen LogP contribution in [0.25, 0.3) is 11.1 Å². The van der Waals surface area contributed by atoms with Crippen LogP contribution in [0.1, 0.15) is 20.7 Å². The van der Waals surface area contributed by atoms with Gasteiger partial charge in [-0.05, 0) is 47.5 Å². The molecule has 0 unspecified atom stereocenters. The second-order valence-corrected chi connectivity index (χ2v) is 7.61. The molecular weight excluding hydrogens is 464 g/mol. The molecule has 36 heavy (non-hydrogen) atoms. The number of hydrogen-bond donors (Lipinski definition) is 2. The summed E-state index contributed by atoms with van der Waals surface area (Å²) in [4.78, 5) is 46.8. The Hall–Kier alpha value is -5.38. The van der Waals surface area contributed by atoms with Crippen molar-refractivity contribution in [1.82, 2.24) is 0 Å². The van der Waals surface area contributed by atoms with Crippen LogP contribution in [0.15, 0.2) is 97.1 Å². The van der Waals surface area contributed by atoms with Crippen LogP contribution in [-0.4, -0.2) is 21.7 Å². The molecule has 0 saturated heterocycles. The number of carbonyl (C=O) groups excluding carboxylic acids is 2.